The van der Waals surface area contributed by atoms with E-state index in [1.807, 2.05) is 37.3 Å². The fourth-order valence-electron chi connectivity index (χ4n) is 1.76. The van der Waals surface area contributed by atoms with Crippen LogP contribution < -0.4 is 0 Å². The number of ether oxygens (including phenoxy) is 2. The molecule has 1 aromatic heterocycles. The van der Waals surface area contributed by atoms with Crippen molar-refractivity contribution >= 4 is 23.1 Å². The summed E-state index contributed by atoms with van der Waals surface area (Å²) in [6.45, 7) is 3.13. The Labute approximate surface area is 113 Å². The Bertz CT molecular complexity index is 524. The third kappa shape index (κ3) is 2.29. The molecule has 94 valence electrons. The van der Waals surface area contributed by atoms with Gasteiger partial charge in [0.2, 0.25) is 0 Å². The van der Waals surface area contributed by atoms with E-state index in [0.29, 0.717) is 13.2 Å². The monoisotopic (exact) mass is 280 g/mol. The van der Waals surface area contributed by atoms with E-state index in [9.17, 15) is 0 Å². The molecule has 1 aliphatic heterocycles. The first kappa shape index (κ1) is 12.1. The zero-order valence-electron chi connectivity index (χ0n) is 9.83. The number of nitrogens with zero attached hydrogens (tertiary/aromatic N) is 2. The minimum atomic E-state index is -0.771. The fraction of sp³-hybridized carbons (Fsp3) is 0.333. The Morgan fingerprint density at radius 2 is 1.89 bits per heavy atom. The van der Waals surface area contributed by atoms with Crippen LogP contribution in [-0.2, 0) is 14.6 Å². The molecule has 18 heavy (non-hydrogen) atoms. The van der Waals surface area contributed by atoms with Crippen LogP contribution in [0.25, 0.3) is 0 Å². The van der Waals surface area contributed by atoms with Gasteiger partial charge in [-0.15, -0.1) is 10.2 Å². The smallest absolute Gasteiger partial charge is 0.252 e. The van der Waals surface area contributed by atoms with Gasteiger partial charge < -0.3 is 9.47 Å². The van der Waals surface area contributed by atoms with Crippen molar-refractivity contribution in [3.05, 3.63) is 40.9 Å². The molecule has 0 saturated carbocycles. The van der Waals surface area contributed by atoms with E-state index in [1.165, 1.54) is 11.8 Å². The lowest BCUT2D eigenvalue weighted by atomic mass is 10.2. The second-order valence-corrected chi connectivity index (χ2v) is 6.38. The first-order chi connectivity index (χ1) is 8.78. The van der Waals surface area contributed by atoms with Crippen molar-refractivity contribution in [1.82, 2.24) is 10.2 Å². The highest BCUT2D eigenvalue weighted by Crippen LogP contribution is 2.46. The van der Waals surface area contributed by atoms with Crippen LogP contribution in [0, 0.1) is 6.92 Å². The average molecular weight is 280 g/mol. The summed E-state index contributed by atoms with van der Waals surface area (Å²) in [6, 6.07) is 9.95. The van der Waals surface area contributed by atoms with Gasteiger partial charge in [-0.3, -0.25) is 0 Å². The second-order valence-electron chi connectivity index (χ2n) is 3.81. The SMILES string of the molecule is Cc1nnc(SC2(c3ccccc3)OCCO2)s1. The topological polar surface area (TPSA) is 44.2 Å². The summed E-state index contributed by atoms with van der Waals surface area (Å²) < 4.78 is 12.5. The van der Waals surface area contributed by atoms with Gasteiger partial charge in [0.1, 0.15) is 5.01 Å². The Kier molecular flexibility index (Phi) is 3.34. The summed E-state index contributed by atoms with van der Waals surface area (Å²) in [6.07, 6.45) is 0. The van der Waals surface area contributed by atoms with Crippen molar-refractivity contribution in [3.8, 4) is 0 Å². The Hall–Kier alpha value is -0.950. The first-order valence-corrected chi connectivity index (χ1v) is 7.24. The molecule has 0 amide bonds. The molecule has 0 aliphatic carbocycles. The zero-order valence-corrected chi connectivity index (χ0v) is 11.5. The predicted octanol–water partition coefficient (Wildman–Crippen LogP) is 2.80. The van der Waals surface area contributed by atoms with Crippen molar-refractivity contribution in [2.24, 2.45) is 0 Å². The zero-order chi connectivity index (χ0) is 12.4. The van der Waals surface area contributed by atoms with Crippen LogP contribution in [0.4, 0.5) is 0 Å². The highest BCUT2D eigenvalue weighted by molar-refractivity contribution is 8.01. The summed E-state index contributed by atoms with van der Waals surface area (Å²) in [5.74, 6) is 0. The third-order valence-electron chi connectivity index (χ3n) is 2.52. The lowest BCUT2D eigenvalue weighted by Crippen LogP contribution is -2.22. The number of aryl methyl sites for hydroxylation is 1. The van der Waals surface area contributed by atoms with E-state index in [1.54, 1.807) is 11.3 Å². The van der Waals surface area contributed by atoms with Gasteiger partial charge in [-0.25, -0.2) is 0 Å². The molecule has 1 saturated heterocycles. The molecule has 2 heterocycles. The van der Waals surface area contributed by atoms with Crippen LogP contribution >= 0.6 is 23.1 Å². The average Bonchev–Trinajstić information content (AvgIpc) is 3.01. The number of rotatable bonds is 3. The van der Waals surface area contributed by atoms with E-state index < -0.39 is 5.12 Å². The molecular weight excluding hydrogens is 268 g/mol. The van der Waals surface area contributed by atoms with Crippen molar-refractivity contribution in [3.63, 3.8) is 0 Å². The summed E-state index contributed by atoms with van der Waals surface area (Å²) in [7, 11) is 0. The van der Waals surface area contributed by atoms with Gasteiger partial charge in [0.15, 0.2) is 4.34 Å². The molecule has 0 radical (unpaired) electrons. The molecule has 1 fully saturated rings. The minimum absolute atomic E-state index is 0.597. The van der Waals surface area contributed by atoms with Gasteiger partial charge in [-0.2, -0.15) is 0 Å². The Morgan fingerprint density at radius 1 is 1.17 bits per heavy atom. The maximum Gasteiger partial charge on any atom is 0.252 e. The normalized spacial score (nSPS) is 18.1. The van der Waals surface area contributed by atoms with Crippen molar-refractivity contribution in [2.75, 3.05) is 13.2 Å². The molecule has 0 N–H and O–H groups in total. The molecule has 1 aliphatic rings. The molecule has 6 heteroatoms. The van der Waals surface area contributed by atoms with Gasteiger partial charge >= 0.3 is 0 Å². The van der Waals surface area contributed by atoms with Gasteiger partial charge in [0.05, 0.1) is 13.2 Å². The number of hydrogen-bond donors (Lipinski definition) is 0. The van der Waals surface area contributed by atoms with Crippen molar-refractivity contribution < 1.29 is 9.47 Å². The number of benzene rings is 1. The summed E-state index contributed by atoms with van der Waals surface area (Å²) in [5, 5.41) is 8.31. The maximum absolute atomic E-state index is 5.82. The quantitative estimate of drug-likeness (QED) is 0.865. The summed E-state index contributed by atoms with van der Waals surface area (Å²) in [4.78, 5) is 0. The van der Waals surface area contributed by atoms with Crippen LogP contribution in [0.3, 0.4) is 0 Å². The van der Waals surface area contributed by atoms with E-state index in [4.69, 9.17) is 9.47 Å². The first-order valence-electron chi connectivity index (χ1n) is 5.61. The lowest BCUT2D eigenvalue weighted by Gasteiger charge is -2.25. The Morgan fingerprint density at radius 3 is 2.50 bits per heavy atom. The lowest BCUT2D eigenvalue weighted by molar-refractivity contribution is -0.0815. The molecule has 0 atom stereocenters. The molecule has 4 nitrogen and oxygen atoms in total. The van der Waals surface area contributed by atoms with Crippen LogP contribution in [-0.4, -0.2) is 23.4 Å². The summed E-state index contributed by atoms with van der Waals surface area (Å²) in [5.41, 5.74) is 1.00. The second kappa shape index (κ2) is 4.97. The molecule has 0 spiro atoms. The van der Waals surface area contributed by atoms with Gasteiger partial charge in [-0.1, -0.05) is 41.7 Å². The molecule has 3 rings (SSSR count). The van der Waals surface area contributed by atoms with E-state index in [2.05, 4.69) is 10.2 Å². The van der Waals surface area contributed by atoms with Crippen LogP contribution in [0.2, 0.25) is 0 Å². The molecular formula is C12H12N2O2S2. The van der Waals surface area contributed by atoms with Gasteiger partial charge in [0, 0.05) is 5.56 Å². The van der Waals surface area contributed by atoms with Crippen molar-refractivity contribution in [1.29, 1.82) is 0 Å². The fourth-order valence-corrected chi connectivity index (χ4v) is 3.88. The number of hydrogen-bond acceptors (Lipinski definition) is 6. The standard InChI is InChI=1S/C12H12N2O2S2/c1-9-13-14-11(17-9)18-12(15-7-8-16-12)10-5-3-2-4-6-10/h2-6H,7-8H2,1H3. The Balaban J connectivity index is 1.92. The molecule has 2 aromatic rings. The largest absolute Gasteiger partial charge is 0.335 e. The maximum atomic E-state index is 5.82. The van der Waals surface area contributed by atoms with Crippen LogP contribution in [0.1, 0.15) is 10.6 Å². The molecule has 0 unspecified atom stereocenters. The minimum Gasteiger partial charge on any atom is -0.335 e. The van der Waals surface area contributed by atoms with E-state index in [-0.39, 0.29) is 0 Å². The highest BCUT2D eigenvalue weighted by atomic mass is 32.2. The molecule has 0 bridgehead atoms. The van der Waals surface area contributed by atoms with Crippen LogP contribution in [0.5, 0.6) is 0 Å². The van der Waals surface area contributed by atoms with Crippen LogP contribution in [0.15, 0.2) is 34.7 Å². The van der Waals surface area contributed by atoms with Gasteiger partial charge in [-0.05, 0) is 18.7 Å². The van der Waals surface area contributed by atoms with Gasteiger partial charge in [0.25, 0.3) is 5.12 Å². The predicted molar refractivity (Wildman–Crippen MR) is 70.5 cm³/mol. The highest BCUT2D eigenvalue weighted by Gasteiger charge is 2.41. The van der Waals surface area contributed by atoms with Crippen molar-refractivity contribution in [2.45, 2.75) is 16.4 Å². The third-order valence-corrected chi connectivity index (χ3v) is 4.65. The number of thioether (sulfide) groups is 1. The molecule has 1 aromatic carbocycles. The summed E-state index contributed by atoms with van der Waals surface area (Å²) >= 11 is 3.02. The van der Waals surface area contributed by atoms with E-state index in [0.717, 1.165) is 14.9 Å². The van der Waals surface area contributed by atoms with E-state index >= 15 is 0 Å². The number of aromatic nitrogens is 2.